The Bertz CT molecular complexity index is 504. The molecule has 0 radical (unpaired) electrons. The maximum absolute atomic E-state index is 13.0. The number of methoxy groups -OCH3 is 1. The van der Waals surface area contributed by atoms with Gasteiger partial charge in [-0.15, -0.1) is 0 Å². The first-order valence-corrected chi connectivity index (χ1v) is 6.65. The molecule has 5 nitrogen and oxygen atoms in total. The van der Waals surface area contributed by atoms with Gasteiger partial charge in [0.05, 0.1) is 7.11 Å². The average molecular weight is 297 g/mol. The molecule has 0 spiro atoms. The largest absolute Gasteiger partial charge is 0.481 e. The Kier molecular flexibility index (Phi) is 6.14. The van der Waals surface area contributed by atoms with Crippen molar-refractivity contribution >= 4 is 11.9 Å². The van der Waals surface area contributed by atoms with E-state index in [1.807, 2.05) is 0 Å². The molecule has 1 rings (SSSR count). The topological polar surface area (TPSA) is 64.6 Å². The monoisotopic (exact) mass is 297 g/mol. The van der Waals surface area contributed by atoms with E-state index >= 15 is 0 Å². The molecule has 21 heavy (non-hydrogen) atoms. The van der Waals surface area contributed by atoms with E-state index in [0.717, 1.165) is 0 Å². The van der Waals surface area contributed by atoms with Crippen molar-refractivity contribution < 1.29 is 23.5 Å². The van der Waals surface area contributed by atoms with Crippen LogP contribution in [0.5, 0.6) is 5.75 Å². The van der Waals surface area contributed by atoms with Crippen LogP contribution in [0.3, 0.4) is 0 Å². The minimum Gasteiger partial charge on any atom is -0.481 e. The van der Waals surface area contributed by atoms with Gasteiger partial charge in [0.1, 0.15) is 17.6 Å². The number of benzene rings is 1. The number of hydrogen-bond donors (Lipinski definition) is 1. The average Bonchev–Trinajstić information content (AvgIpc) is 2.43. The van der Waals surface area contributed by atoms with Crippen LogP contribution in [0.15, 0.2) is 24.3 Å². The van der Waals surface area contributed by atoms with Crippen molar-refractivity contribution in [1.29, 1.82) is 0 Å². The number of ether oxygens (including phenoxy) is 2. The third-order valence-electron chi connectivity index (χ3n) is 2.90. The number of amides is 1. The summed E-state index contributed by atoms with van der Waals surface area (Å²) in [6.45, 7) is 5.11. The second-order valence-electron chi connectivity index (χ2n) is 4.97. The van der Waals surface area contributed by atoms with E-state index in [9.17, 15) is 14.0 Å². The van der Waals surface area contributed by atoms with E-state index in [2.05, 4.69) is 10.1 Å². The molecular formula is C15H20FNO4. The Morgan fingerprint density at radius 1 is 1.24 bits per heavy atom. The summed E-state index contributed by atoms with van der Waals surface area (Å²) in [6.07, 6.45) is -0.863. The predicted molar refractivity (Wildman–Crippen MR) is 75.3 cm³/mol. The van der Waals surface area contributed by atoms with Gasteiger partial charge in [-0.25, -0.2) is 9.18 Å². The van der Waals surface area contributed by atoms with Crippen molar-refractivity contribution in [1.82, 2.24) is 5.32 Å². The summed E-state index contributed by atoms with van der Waals surface area (Å²) < 4.78 is 23.0. The number of nitrogens with one attached hydrogen (secondary N) is 1. The van der Waals surface area contributed by atoms with Crippen molar-refractivity contribution in [3.8, 4) is 5.75 Å². The molecule has 0 aliphatic carbocycles. The van der Waals surface area contributed by atoms with Crippen LogP contribution in [0.4, 0.5) is 4.39 Å². The highest BCUT2D eigenvalue weighted by molar-refractivity contribution is 5.87. The molecule has 2 unspecified atom stereocenters. The maximum Gasteiger partial charge on any atom is 0.328 e. The minimum atomic E-state index is -0.863. The Balaban J connectivity index is 2.67. The van der Waals surface area contributed by atoms with Crippen LogP contribution in [0.25, 0.3) is 0 Å². The zero-order chi connectivity index (χ0) is 16.0. The molecule has 6 heteroatoms. The minimum absolute atomic E-state index is 0.122. The summed E-state index contributed by atoms with van der Waals surface area (Å²) in [4.78, 5) is 23.6. The molecule has 0 aliphatic rings. The van der Waals surface area contributed by atoms with Crippen LogP contribution in [-0.4, -0.2) is 31.1 Å². The van der Waals surface area contributed by atoms with Crippen LogP contribution in [-0.2, 0) is 14.3 Å². The van der Waals surface area contributed by atoms with E-state index in [0.29, 0.717) is 0 Å². The van der Waals surface area contributed by atoms with Gasteiger partial charge in [-0.2, -0.15) is 0 Å². The highest BCUT2D eigenvalue weighted by Crippen LogP contribution is 2.14. The van der Waals surface area contributed by atoms with Crippen LogP contribution in [0, 0.1) is 11.7 Å². The number of carbonyl (C=O) groups excluding carboxylic acids is 2. The molecule has 0 aliphatic heterocycles. The molecule has 1 aromatic rings. The summed E-state index contributed by atoms with van der Waals surface area (Å²) in [6, 6.07) is 4.75. The van der Waals surface area contributed by atoms with E-state index in [1.54, 1.807) is 19.9 Å². The summed E-state index contributed by atoms with van der Waals surface area (Å²) in [7, 11) is 1.26. The summed E-state index contributed by atoms with van der Waals surface area (Å²) >= 11 is 0. The lowest BCUT2D eigenvalue weighted by Crippen LogP contribution is -2.49. The molecule has 1 amide bonds. The second kappa shape index (κ2) is 7.61. The van der Waals surface area contributed by atoms with Gasteiger partial charge in [0, 0.05) is 6.07 Å². The van der Waals surface area contributed by atoms with Crippen LogP contribution in [0.2, 0.25) is 0 Å². The van der Waals surface area contributed by atoms with Crippen molar-refractivity contribution in [3.63, 3.8) is 0 Å². The second-order valence-corrected chi connectivity index (χ2v) is 4.97. The molecule has 116 valence electrons. The fourth-order valence-electron chi connectivity index (χ4n) is 1.69. The quantitative estimate of drug-likeness (QED) is 0.815. The van der Waals surface area contributed by atoms with Gasteiger partial charge in [0.25, 0.3) is 5.91 Å². The first kappa shape index (κ1) is 16.9. The number of hydrogen-bond acceptors (Lipinski definition) is 4. The van der Waals surface area contributed by atoms with Gasteiger partial charge in [-0.3, -0.25) is 4.79 Å². The molecule has 1 aromatic carbocycles. The molecule has 0 fully saturated rings. The molecule has 0 bridgehead atoms. The Labute approximate surface area is 123 Å². The van der Waals surface area contributed by atoms with Crippen molar-refractivity contribution in [2.75, 3.05) is 7.11 Å². The van der Waals surface area contributed by atoms with Gasteiger partial charge in [0.2, 0.25) is 0 Å². The lowest BCUT2D eigenvalue weighted by molar-refractivity contribution is -0.147. The zero-order valence-corrected chi connectivity index (χ0v) is 12.6. The molecule has 0 saturated carbocycles. The summed E-state index contributed by atoms with van der Waals surface area (Å²) in [5.74, 6) is -1.31. The standard InChI is InChI=1S/C15H20FNO4/c1-9(2)13(15(19)20-4)17-14(18)10(3)21-12-7-5-6-11(16)8-12/h5-10,13H,1-4H3,(H,17,18). The third kappa shape index (κ3) is 5.06. The van der Waals surface area contributed by atoms with Gasteiger partial charge in [0.15, 0.2) is 6.10 Å². The first-order chi connectivity index (χ1) is 9.85. The molecular weight excluding hydrogens is 277 g/mol. The summed E-state index contributed by atoms with van der Waals surface area (Å²) in [5.41, 5.74) is 0. The fourth-order valence-corrected chi connectivity index (χ4v) is 1.69. The van der Waals surface area contributed by atoms with E-state index in [1.165, 1.54) is 32.2 Å². The Morgan fingerprint density at radius 2 is 1.90 bits per heavy atom. The van der Waals surface area contributed by atoms with Crippen LogP contribution in [0.1, 0.15) is 20.8 Å². The highest BCUT2D eigenvalue weighted by Gasteiger charge is 2.27. The van der Waals surface area contributed by atoms with Gasteiger partial charge >= 0.3 is 5.97 Å². The number of rotatable bonds is 6. The predicted octanol–water partition coefficient (Wildman–Crippen LogP) is 1.91. The van der Waals surface area contributed by atoms with Crippen LogP contribution < -0.4 is 10.1 Å². The lowest BCUT2D eigenvalue weighted by atomic mass is 10.0. The number of esters is 1. The van der Waals surface area contributed by atoms with E-state index < -0.39 is 29.8 Å². The van der Waals surface area contributed by atoms with Gasteiger partial charge in [-0.1, -0.05) is 19.9 Å². The molecule has 0 heterocycles. The normalized spacial score (nSPS) is 13.4. The SMILES string of the molecule is COC(=O)C(NC(=O)C(C)Oc1cccc(F)c1)C(C)C. The Morgan fingerprint density at radius 3 is 2.43 bits per heavy atom. The number of halogens is 1. The molecule has 1 N–H and O–H groups in total. The fraction of sp³-hybridized carbons (Fsp3) is 0.467. The van der Waals surface area contributed by atoms with E-state index in [4.69, 9.17) is 4.74 Å². The summed E-state index contributed by atoms with van der Waals surface area (Å²) in [5, 5.41) is 2.57. The third-order valence-corrected chi connectivity index (χ3v) is 2.90. The Hall–Kier alpha value is -2.11. The van der Waals surface area contributed by atoms with Gasteiger partial charge < -0.3 is 14.8 Å². The molecule has 0 aromatic heterocycles. The molecule has 2 atom stereocenters. The van der Waals surface area contributed by atoms with Crippen molar-refractivity contribution in [2.45, 2.75) is 32.9 Å². The lowest BCUT2D eigenvalue weighted by Gasteiger charge is -2.22. The van der Waals surface area contributed by atoms with Crippen LogP contribution >= 0.6 is 0 Å². The highest BCUT2D eigenvalue weighted by atomic mass is 19.1. The zero-order valence-electron chi connectivity index (χ0n) is 12.6. The van der Waals surface area contributed by atoms with E-state index in [-0.39, 0.29) is 11.7 Å². The smallest absolute Gasteiger partial charge is 0.328 e. The number of carbonyl (C=O) groups is 2. The first-order valence-electron chi connectivity index (χ1n) is 6.65. The molecule has 0 saturated heterocycles. The van der Waals surface area contributed by atoms with Crippen molar-refractivity contribution in [2.24, 2.45) is 5.92 Å². The van der Waals surface area contributed by atoms with Gasteiger partial charge in [-0.05, 0) is 25.0 Å². The maximum atomic E-state index is 13.0. The van der Waals surface area contributed by atoms with Crippen molar-refractivity contribution in [3.05, 3.63) is 30.1 Å².